The number of nitrogens with one attached hydrogen (secondary N) is 1. The number of hydrogen-bond donors (Lipinski definition) is 2. The topological polar surface area (TPSA) is 72.9 Å². The van der Waals surface area contributed by atoms with Gasteiger partial charge in [-0.25, -0.2) is 0 Å². The van der Waals surface area contributed by atoms with E-state index in [1.165, 1.54) is 0 Å². The number of nitrogens with zero attached hydrogens (tertiary/aromatic N) is 2. The Labute approximate surface area is 174 Å². The monoisotopic (exact) mass is 414 g/mol. The largest absolute Gasteiger partial charge is 0.346 e. The van der Waals surface area contributed by atoms with E-state index in [0.29, 0.717) is 24.6 Å². The maximum atomic E-state index is 12.8. The van der Waals surface area contributed by atoms with Crippen LogP contribution in [-0.4, -0.2) is 27.5 Å². The lowest BCUT2D eigenvalue weighted by molar-refractivity contribution is 0.0897. The Morgan fingerprint density at radius 1 is 1.30 bits per heavy atom. The van der Waals surface area contributed by atoms with E-state index in [9.17, 15) is 4.79 Å². The molecule has 0 fully saturated rings. The molecular weight excluding hydrogens is 383 g/mol. The molecule has 2 heterocycles. The number of nitrogens with two attached hydrogens (primary N) is 1. The molecule has 2 aromatic rings. The fourth-order valence-electron chi connectivity index (χ4n) is 3.36. The first-order chi connectivity index (χ1) is 11.8. The molecule has 1 unspecified atom stereocenters. The van der Waals surface area contributed by atoms with E-state index in [-0.39, 0.29) is 30.7 Å². The lowest BCUT2D eigenvalue weighted by Gasteiger charge is -2.31. The average Bonchev–Trinajstić information content (AvgIpc) is 2.83. The van der Waals surface area contributed by atoms with E-state index in [1.807, 2.05) is 45.0 Å². The number of rotatable bonds is 7. The van der Waals surface area contributed by atoms with Crippen LogP contribution in [0.4, 0.5) is 0 Å². The smallest absolute Gasteiger partial charge is 0.253 e. The van der Waals surface area contributed by atoms with Crippen LogP contribution in [0.25, 0.3) is 0 Å². The van der Waals surface area contributed by atoms with Crippen LogP contribution in [0.15, 0.2) is 30.5 Å². The Kier molecular flexibility index (Phi) is 10.1. The summed E-state index contributed by atoms with van der Waals surface area (Å²) >= 11 is 0. The predicted octanol–water partition coefficient (Wildman–Crippen LogP) is 3.89. The van der Waals surface area contributed by atoms with Gasteiger partial charge in [0.05, 0.1) is 17.8 Å². The maximum absolute atomic E-state index is 12.8. The normalized spacial score (nSPS) is 12.7. The van der Waals surface area contributed by atoms with Gasteiger partial charge in [-0.15, -0.1) is 24.8 Å². The maximum Gasteiger partial charge on any atom is 0.253 e. The third-order valence-corrected chi connectivity index (χ3v) is 4.59. The van der Waals surface area contributed by atoms with E-state index >= 15 is 0 Å². The lowest BCUT2D eigenvalue weighted by Crippen LogP contribution is -2.52. The second kappa shape index (κ2) is 10.7. The number of aryl methyl sites for hydroxylation is 1. The summed E-state index contributed by atoms with van der Waals surface area (Å²) < 4.78 is 2.12. The standard InChI is InChI=1S/C20H30N4O.2ClH/c1-14(2)11-20(5,13-21)23-19(25)18-10-15(3)24(16(18)4)12-17-8-6-7-9-22-17;;/h6-10,14H,11-13,21H2,1-5H3,(H,23,25);2*1H. The fourth-order valence-corrected chi connectivity index (χ4v) is 3.36. The van der Waals surface area contributed by atoms with Crippen LogP contribution < -0.4 is 11.1 Å². The van der Waals surface area contributed by atoms with Crippen LogP contribution >= 0.6 is 24.8 Å². The minimum atomic E-state index is -0.394. The summed E-state index contributed by atoms with van der Waals surface area (Å²) in [4.78, 5) is 17.2. The first kappa shape index (κ1) is 25.4. The minimum absolute atomic E-state index is 0. The van der Waals surface area contributed by atoms with E-state index in [2.05, 4.69) is 28.7 Å². The molecule has 0 bridgehead atoms. The van der Waals surface area contributed by atoms with E-state index in [4.69, 9.17) is 5.73 Å². The number of pyridine rings is 1. The second-order valence-corrected chi connectivity index (χ2v) is 7.51. The number of amides is 1. The van der Waals surface area contributed by atoms with Gasteiger partial charge >= 0.3 is 0 Å². The SMILES string of the molecule is Cc1cc(C(=O)NC(C)(CN)CC(C)C)c(C)n1Cc1ccccn1.Cl.Cl. The van der Waals surface area contributed by atoms with Crippen LogP contribution in [0.3, 0.4) is 0 Å². The molecule has 27 heavy (non-hydrogen) atoms. The number of carbonyl (C=O) groups excluding carboxylic acids is 1. The van der Waals surface area contributed by atoms with Crippen molar-refractivity contribution in [2.24, 2.45) is 11.7 Å². The highest BCUT2D eigenvalue weighted by Crippen LogP contribution is 2.20. The highest BCUT2D eigenvalue weighted by molar-refractivity contribution is 5.96. The quantitative estimate of drug-likeness (QED) is 0.721. The molecule has 1 atom stereocenters. The summed E-state index contributed by atoms with van der Waals surface area (Å²) in [6, 6.07) is 7.81. The summed E-state index contributed by atoms with van der Waals surface area (Å²) in [5, 5.41) is 3.14. The zero-order valence-corrected chi connectivity index (χ0v) is 18.4. The Balaban J connectivity index is 0.00000338. The molecule has 0 aliphatic carbocycles. The van der Waals surface area contributed by atoms with Gasteiger partial charge in [0.15, 0.2) is 0 Å². The van der Waals surface area contributed by atoms with Crippen molar-refractivity contribution in [2.75, 3.05) is 6.54 Å². The molecule has 2 aromatic heterocycles. The molecule has 2 rings (SSSR count). The van der Waals surface area contributed by atoms with Gasteiger partial charge in [-0.1, -0.05) is 19.9 Å². The van der Waals surface area contributed by atoms with Crippen molar-refractivity contribution in [3.63, 3.8) is 0 Å². The van der Waals surface area contributed by atoms with Gasteiger partial charge in [0.1, 0.15) is 0 Å². The first-order valence-electron chi connectivity index (χ1n) is 8.85. The zero-order chi connectivity index (χ0) is 18.6. The van der Waals surface area contributed by atoms with Gasteiger partial charge in [0.25, 0.3) is 5.91 Å². The number of hydrogen-bond acceptors (Lipinski definition) is 3. The molecule has 152 valence electrons. The zero-order valence-electron chi connectivity index (χ0n) is 16.8. The van der Waals surface area contributed by atoms with Gasteiger partial charge in [-0.2, -0.15) is 0 Å². The van der Waals surface area contributed by atoms with Gasteiger partial charge in [0, 0.05) is 29.7 Å². The minimum Gasteiger partial charge on any atom is -0.346 e. The summed E-state index contributed by atoms with van der Waals surface area (Å²) in [5.74, 6) is 0.402. The van der Waals surface area contributed by atoms with Crippen molar-refractivity contribution < 1.29 is 4.79 Å². The van der Waals surface area contributed by atoms with Gasteiger partial charge in [-0.3, -0.25) is 9.78 Å². The van der Waals surface area contributed by atoms with Crippen LogP contribution in [0.1, 0.15) is 54.6 Å². The molecule has 0 saturated carbocycles. The molecule has 7 heteroatoms. The van der Waals surface area contributed by atoms with Crippen LogP contribution in [0.2, 0.25) is 0 Å². The number of carbonyl (C=O) groups is 1. The Morgan fingerprint density at radius 3 is 2.48 bits per heavy atom. The number of halogens is 2. The molecule has 0 aliphatic rings. The Morgan fingerprint density at radius 2 is 1.96 bits per heavy atom. The summed E-state index contributed by atoms with van der Waals surface area (Å²) in [7, 11) is 0. The summed E-state index contributed by atoms with van der Waals surface area (Å²) in [6.07, 6.45) is 2.64. The summed E-state index contributed by atoms with van der Waals surface area (Å²) in [5.41, 5.74) is 9.21. The molecule has 3 N–H and O–H groups in total. The fraction of sp³-hybridized carbons (Fsp3) is 0.500. The molecule has 0 saturated heterocycles. The van der Waals surface area contributed by atoms with Crippen molar-refractivity contribution >= 4 is 30.7 Å². The molecule has 0 aliphatic heterocycles. The summed E-state index contributed by atoms with van der Waals surface area (Å²) in [6.45, 7) is 11.4. The van der Waals surface area contributed by atoms with Crippen LogP contribution in [0.5, 0.6) is 0 Å². The Bertz CT molecular complexity index is 731. The first-order valence-corrected chi connectivity index (χ1v) is 8.85. The Hall–Kier alpha value is -1.56. The van der Waals surface area contributed by atoms with Gasteiger partial charge in [0.2, 0.25) is 0 Å². The predicted molar refractivity (Wildman–Crippen MR) is 116 cm³/mol. The van der Waals surface area contributed by atoms with Crippen molar-refractivity contribution in [3.8, 4) is 0 Å². The second-order valence-electron chi connectivity index (χ2n) is 7.51. The lowest BCUT2D eigenvalue weighted by atomic mass is 9.90. The van der Waals surface area contributed by atoms with Crippen molar-refractivity contribution in [1.29, 1.82) is 0 Å². The molecule has 1 amide bonds. The molecule has 5 nitrogen and oxygen atoms in total. The van der Waals surface area contributed by atoms with Crippen LogP contribution in [0, 0.1) is 19.8 Å². The van der Waals surface area contributed by atoms with E-state index < -0.39 is 5.54 Å². The molecule has 0 spiro atoms. The van der Waals surface area contributed by atoms with Crippen molar-refractivity contribution in [3.05, 3.63) is 53.1 Å². The molecule has 0 aromatic carbocycles. The number of aromatic nitrogens is 2. The van der Waals surface area contributed by atoms with Crippen LogP contribution in [-0.2, 0) is 6.54 Å². The molecular formula is C20H32Cl2N4O. The van der Waals surface area contributed by atoms with Crippen molar-refractivity contribution in [2.45, 2.75) is 53.1 Å². The highest BCUT2D eigenvalue weighted by Gasteiger charge is 2.28. The van der Waals surface area contributed by atoms with Crippen molar-refractivity contribution in [1.82, 2.24) is 14.9 Å². The van der Waals surface area contributed by atoms with Gasteiger partial charge in [-0.05, 0) is 51.3 Å². The highest BCUT2D eigenvalue weighted by atomic mass is 35.5. The van der Waals surface area contributed by atoms with E-state index in [1.54, 1.807) is 6.20 Å². The van der Waals surface area contributed by atoms with Gasteiger partial charge < -0.3 is 15.6 Å². The van der Waals surface area contributed by atoms with E-state index in [0.717, 1.165) is 23.5 Å². The average molecular weight is 415 g/mol. The third kappa shape index (κ3) is 6.52. The third-order valence-electron chi connectivity index (χ3n) is 4.59. The molecule has 0 radical (unpaired) electrons.